The predicted molar refractivity (Wildman–Crippen MR) is 128 cm³/mol. The first-order chi connectivity index (χ1) is 17.0. The maximum Gasteiger partial charge on any atom is 0.338 e. The molecule has 4 atom stereocenters. The maximum atomic E-state index is 13.8. The lowest BCUT2D eigenvalue weighted by Gasteiger charge is -2.31. The molecule has 180 valence electrons. The van der Waals surface area contributed by atoms with E-state index in [2.05, 4.69) is 10.9 Å². The van der Waals surface area contributed by atoms with Gasteiger partial charge in [0.15, 0.2) is 0 Å². The first kappa shape index (κ1) is 23.0. The van der Waals surface area contributed by atoms with Crippen molar-refractivity contribution >= 4 is 17.6 Å². The summed E-state index contributed by atoms with van der Waals surface area (Å²) in [4.78, 5) is 27.5. The van der Waals surface area contributed by atoms with Crippen LogP contribution in [0.25, 0.3) is 0 Å². The zero-order valence-corrected chi connectivity index (χ0v) is 19.4. The second-order valence-electron chi connectivity index (χ2n) is 8.57. The standard InChI is InChI=1S/C27H26FN3O4/c1-3-35-27(33)18-6-12-20(13-7-18)31-25(17-4-10-19(28)11-5-17)22-23(29-30-24(22)26(31)32)16-8-14-21(34-2)15-9-16/h4-15,22-25,29-30H,3H2,1-2H3. The van der Waals surface area contributed by atoms with Gasteiger partial charge in [0.2, 0.25) is 5.91 Å². The van der Waals surface area contributed by atoms with E-state index in [-0.39, 0.29) is 36.3 Å². The number of ether oxygens (including phenoxy) is 2. The summed E-state index contributed by atoms with van der Waals surface area (Å²) >= 11 is 0. The van der Waals surface area contributed by atoms with Gasteiger partial charge in [-0.15, -0.1) is 0 Å². The number of hydrogen-bond acceptors (Lipinski definition) is 6. The molecule has 3 aromatic rings. The van der Waals surface area contributed by atoms with Crippen LogP contribution in [0, 0.1) is 11.7 Å². The summed E-state index contributed by atoms with van der Waals surface area (Å²) in [6, 6.07) is 19.8. The number of methoxy groups -OCH3 is 1. The first-order valence-electron chi connectivity index (χ1n) is 11.5. The van der Waals surface area contributed by atoms with Crippen LogP contribution in [0.3, 0.4) is 0 Å². The summed E-state index contributed by atoms with van der Waals surface area (Å²) in [6.07, 6.45) is 0. The van der Waals surface area contributed by atoms with Crippen molar-refractivity contribution < 1.29 is 23.5 Å². The van der Waals surface area contributed by atoms with Crippen molar-refractivity contribution in [1.29, 1.82) is 0 Å². The van der Waals surface area contributed by atoms with Crippen LogP contribution in [0.5, 0.6) is 5.75 Å². The molecule has 2 aliphatic rings. The maximum absolute atomic E-state index is 13.8. The number of anilines is 1. The smallest absolute Gasteiger partial charge is 0.338 e. The highest BCUT2D eigenvalue weighted by molar-refractivity contribution is 6.02. The van der Waals surface area contributed by atoms with E-state index in [1.165, 1.54) is 12.1 Å². The zero-order valence-electron chi connectivity index (χ0n) is 19.4. The zero-order chi connectivity index (χ0) is 24.5. The van der Waals surface area contributed by atoms with E-state index >= 15 is 0 Å². The number of rotatable bonds is 6. The van der Waals surface area contributed by atoms with Gasteiger partial charge in [-0.1, -0.05) is 24.3 Å². The van der Waals surface area contributed by atoms with Crippen molar-refractivity contribution in [1.82, 2.24) is 10.9 Å². The van der Waals surface area contributed by atoms with Crippen LogP contribution >= 0.6 is 0 Å². The Bertz CT molecular complexity index is 1210. The summed E-state index contributed by atoms with van der Waals surface area (Å²) < 4.78 is 24.1. The molecule has 0 bridgehead atoms. The molecular formula is C27H26FN3O4. The summed E-state index contributed by atoms with van der Waals surface area (Å²) in [5.74, 6) is -0.279. The number of benzene rings is 3. The van der Waals surface area contributed by atoms with Crippen LogP contribution in [0.15, 0.2) is 72.8 Å². The Labute approximate surface area is 202 Å². The number of hydrogen-bond donors (Lipinski definition) is 2. The fraction of sp³-hybridized carbons (Fsp3) is 0.259. The lowest BCUT2D eigenvalue weighted by Crippen LogP contribution is -2.41. The van der Waals surface area contributed by atoms with Crippen LogP contribution in [0.2, 0.25) is 0 Å². The third-order valence-corrected chi connectivity index (χ3v) is 6.65. The predicted octanol–water partition coefficient (Wildman–Crippen LogP) is 3.93. The molecular weight excluding hydrogens is 449 g/mol. The van der Waals surface area contributed by atoms with E-state index < -0.39 is 12.0 Å². The van der Waals surface area contributed by atoms with Crippen molar-refractivity contribution in [2.75, 3.05) is 18.6 Å². The van der Waals surface area contributed by atoms with Crippen molar-refractivity contribution in [3.8, 4) is 5.75 Å². The van der Waals surface area contributed by atoms with Gasteiger partial charge in [0.05, 0.1) is 31.4 Å². The van der Waals surface area contributed by atoms with Gasteiger partial charge >= 0.3 is 5.97 Å². The highest BCUT2D eigenvalue weighted by Crippen LogP contribution is 2.49. The molecule has 0 spiro atoms. The minimum absolute atomic E-state index is 0.100. The van der Waals surface area contributed by atoms with Gasteiger partial charge in [-0.25, -0.2) is 20.0 Å². The number of halogens is 1. The normalized spacial score (nSPS) is 23.3. The van der Waals surface area contributed by atoms with Gasteiger partial charge in [-0.2, -0.15) is 0 Å². The minimum atomic E-state index is -0.484. The van der Waals surface area contributed by atoms with E-state index in [4.69, 9.17) is 9.47 Å². The average molecular weight is 476 g/mol. The average Bonchev–Trinajstić information content (AvgIpc) is 3.44. The van der Waals surface area contributed by atoms with Gasteiger partial charge in [-0.3, -0.25) is 4.79 Å². The van der Waals surface area contributed by atoms with Gasteiger partial charge in [0, 0.05) is 11.6 Å². The molecule has 2 saturated heterocycles. The number of fused-ring (bicyclic) bond motifs is 1. The van der Waals surface area contributed by atoms with Crippen molar-refractivity contribution in [3.63, 3.8) is 0 Å². The molecule has 2 heterocycles. The lowest BCUT2D eigenvalue weighted by molar-refractivity contribution is -0.119. The Morgan fingerprint density at radius 1 is 0.914 bits per heavy atom. The molecule has 3 aromatic carbocycles. The van der Waals surface area contributed by atoms with E-state index in [0.717, 1.165) is 16.9 Å². The van der Waals surface area contributed by atoms with E-state index in [9.17, 15) is 14.0 Å². The summed E-state index contributed by atoms with van der Waals surface area (Å²) in [7, 11) is 1.62. The number of esters is 1. The lowest BCUT2D eigenvalue weighted by atomic mass is 9.83. The first-order valence-corrected chi connectivity index (χ1v) is 11.5. The molecule has 8 heteroatoms. The number of hydrazine groups is 1. The summed E-state index contributed by atoms with van der Waals surface area (Å²) in [5, 5.41) is 0. The molecule has 1 amide bonds. The fourth-order valence-electron chi connectivity index (χ4n) is 5.02. The van der Waals surface area contributed by atoms with Gasteiger partial charge in [0.25, 0.3) is 0 Å². The number of nitrogens with zero attached hydrogens (tertiary/aromatic N) is 1. The third kappa shape index (κ3) is 4.15. The van der Waals surface area contributed by atoms with Crippen LogP contribution in [0.1, 0.15) is 40.5 Å². The fourth-order valence-corrected chi connectivity index (χ4v) is 5.02. The minimum Gasteiger partial charge on any atom is -0.497 e. The van der Waals surface area contributed by atoms with Crippen LogP contribution in [0.4, 0.5) is 10.1 Å². The van der Waals surface area contributed by atoms with Crippen LogP contribution < -0.4 is 20.5 Å². The van der Waals surface area contributed by atoms with E-state index in [0.29, 0.717) is 11.3 Å². The Morgan fingerprint density at radius 2 is 1.54 bits per heavy atom. The second-order valence-corrected chi connectivity index (χ2v) is 8.57. The summed E-state index contributed by atoms with van der Waals surface area (Å²) in [6.45, 7) is 2.04. The quantitative estimate of drug-likeness (QED) is 0.526. The Morgan fingerprint density at radius 3 is 2.17 bits per heavy atom. The number of nitrogens with one attached hydrogen (secondary N) is 2. The number of carbonyl (C=O) groups is 2. The highest BCUT2D eigenvalue weighted by Gasteiger charge is 2.56. The molecule has 4 unspecified atom stereocenters. The molecule has 2 N–H and O–H groups in total. The topological polar surface area (TPSA) is 79.9 Å². The van der Waals surface area contributed by atoms with Crippen molar-refractivity contribution in [3.05, 3.63) is 95.3 Å². The van der Waals surface area contributed by atoms with Crippen LogP contribution in [-0.2, 0) is 9.53 Å². The van der Waals surface area contributed by atoms with Crippen molar-refractivity contribution in [2.45, 2.75) is 25.0 Å². The molecule has 0 saturated carbocycles. The van der Waals surface area contributed by atoms with E-state index in [1.54, 1.807) is 55.3 Å². The SMILES string of the molecule is CCOC(=O)c1ccc(N2C(=O)C3NNC(c4ccc(OC)cc4)C3C2c2ccc(F)cc2)cc1. The van der Waals surface area contributed by atoms with Gasteiger partial charge in [0.1, 0.15) is 17.6 Å². The Hall–Kier alpha value is -3.75. The van der Waals surface area contributed by atoms with Gasteiger partial charge < -0.3 is 14.4 Å². The highest BCUT2D eigenvalue weighted by atomic mass is 19.1. The molecule has 0 aliphatic carbocycles. The molecule has 7 nitrogen and oxygen atoms in total. The monoisotopic (exact) mass is 475 g/mol. The molecule has 5 rings (SSSR count). The van der Waals surface area contributed by atoms with E-state index in [1.807, 2.05) is 24.3 Å². The largest absolute Gasteiger partial charge is 0.497 e. The molecule has 2 fully saturated rings. The third-order valence-electron chi connectivity index (χ3n) is 6.65. The van der Waals surface area contributed by atoms with Gasteiger partial charge in [-0.05, 0) is 66.6 Å². The summed E-state index contributed by atoms with van der Waals surface area (Å²) in [5.41, 5.74) is 9.37. The molecule has 0 radical (unpaired) electrons. The van der Waals surface area contributed by atoms with Crippen molar-refractivity contribution in [2.24, 2.45) is 5.92 Å². The molecule has 0 aromatic heterocycles. The number of amides is 1. The Kier molecular flexibility index (Phi) is 6.23. The molecule has 2 aliphatic heterocycles. The number of carbonyl (C=O) groups excluding carboxylic acids is 2. The second kappa shape index (κ2) is 9.48. The Balaban J connectivity index is 1.55. The molecule has 35 heavy (non-hydrogen) atoms. The van der Waals surface area contributed by atoms with Crippen LogP contribution in [-0.4, -0.2) is 31.6 Å².